The Bertz CT molecular complexity index is 277. The third kappa shape index (κ3) is 3.23. The van der Waals surface area contributed by atoms with Crippen molar-refractivity contribution in [3.63, 3.8) is 0 Å². The Hall–Kier alpha value is -0.610. The Morgan fingerprint density at radius 1 is 1.11 bits per heavy atom. The zero-order chi connectivity index (χ0) is 13.0. The van der Waals surface area contributed by atoms with Gasteiger partial charge in [0.25, 0.3) is 0 Å². The fraction of sp³-hybridized carbons (Fsp3) is 0.929. The predicted octanol–water partition coefficient (Wildman–Crippen LogP) is 1.53. The van der Waals surface area contributed by atoms with Gasteiger partial charge in [-0.3, -0.25) is 4.79 Å². The second-order valence-corrected chi connectivity index (χ2v) is 5.70. The number of nitrogens with zero attached hydrogens (tertiary/aromatic N) is 1. The van der Waals surface area contributed by atoms with Gasteiger partial charge in [-0.1, -0.05) is 19.3 Å². The molecule has 1 amide bonds. The van der Waals surface area contributed by atoms with E-state index in [0.717, 1.165) is 45.3 Å². The normalized spacial score (nSPS) is 30.8. The smallest absolute Gasteiger partial charge is 0.227 e. The predicted molar refractivity (Wildman–Crippen MR) is 71.2 cm³/mol. The van der Waals surface area contributed by atoms with Gasteiger partial charge in [0.05, 0.1) is 5.92 Å². The number of hydrogen-bond acceptors (Lipinski definition) is 3. The number of amides is 1. The van der Waals surface area contributed by atoms with Gasteiger partial charge >= 0.3 is 0 Å². The van der Waals surface area contributed by atoms with Crippen LogP contribution in [0.4, 0.5) is 0 Å². The highest BCUT2D eigenvalue weighted by atomic mass is 16.5. The third-order valence-electron chi connectivity index (χ3n) is 4.47. The largest absolute Gasteiger partial charge is 0.381 e. The van der Waals surface area contributed by atoms with E-state index < -0.39 is 0 Å². The van der Waals surface area contributed by atoms with Crippen LogP contribution in [0.5, 0.6) is 0 Å². The van der Waals surface area contributed by atoms with Gasteiger partial charge in [0.2, 0.25) is 5.91 Å². The lowest BCUT2D eigenvalue weighted by molar-refractivity contribution is -0.138. The maximum atomic E-state index is 12.6. The molecule has 2 atom stereocenters. The fourth-order valence-electron chi connectivity index (χ4n) is 3.16. The number of carbonyl (C=O) groups is 1. The van der Waals surface area contributed by atoms with E-state index in [-0.39, 0.29) is 17.9 Å². The number of carbonyl (C=O) groups excluding carboxylic acids is 1. The molecule has 2 aliphatic rings. The highest BCUT2D eigenvalue weighted by Crippen LogP contribution is 2.25. The monoisotopic (exact) mass is 254 g/mol. The van der Waals surface area contributed by atoms with E-state index in [0.29, 0.717) is 6.04 Å². The molecule has 104 valence electrons. The van der Waals surface area contributed by atoms with Crippen molar-refractivity contribution >= 4 is 5.91 Å². The van der Waals surface area contributed by atoms with Crippen LogP contribution in [0.2, 0.25) is 0 Å². The lowest BCUT2D eigenvalue weighted by Gasteiger charge is -2.34. The number of rotatable bonds is 2. The van der Waals surface area contributed by atoms with E-state index in [2.05, 4.69) is 0 Å². The Morgan fingerprint density at radius 3 is 2.50 bits per heavy atom. The zero-order valence-electron chi connectivity index (χ0n) is 11.4. The zero-order valence-corrected chi connectivity index (χ0v) is 11.4. The van der Waals surface area contributed by atoms with Crippen LogP contribution in [-0.2, 0) is 9.53 Å². The van der Waals surface area contributed by atoms with Crippen molar-refractivity contribution in [3.8, 4) is 0 Å². The minimum atomic E-state index is 0.0420. The molecule has 2 rings (SSSR count). The van der Waals surface area contributed by atoms with Gasteiger partial charge in [-0.2, -0.15) is 0 Å². The van der Waals surface area contributed by atoms with Gasteiger partial charge < -0.3 is 15.4 Å². The number of ether oxygens (including phenoxy) is 1. The molecule has 0 bridgehead atoms. The molecule has 4 heteroatoms. The van der Waals surface area contributed by atoms with E-state index in [1.165, 1.54) is 12.8 Å². The number of nitrogens with two attached hydrogens (primary N) is 1. The molecule has 0 aromatic carbocycles. The SMILES string of the molecule is CN(C(=O)C1CCCCCC1N)C1CCOCC1. The van der Waals surface area contributed by atoms with Crippen LogP contribution < -0.4 is 5.73 Å². The molecule has 1 heterocycles. The first-order valence-corrected chi connectivity index (χ1v) is 7.30. The summed E-state index contributed by atoms with van der Waals surface area (Å²) in [6, 6.07) is 0.406. The second-order valence-electron chi connectivity index (χ2n) is 5.70. The summed E-state index contributed by atoms with van der Waals surface area (Å²) in [6.07, 6.45) is 7.43. The molecule has 0 spiro atoms. The summed E-state index contributed by atoms with van der Waals surface area (Å²) < 4.78 is 5.35. The van der Waals surface area contributed by atoms with Crippen molar-refractivity contribution in [2.45, 2.75) is 57.0 Å². The highest BCUT2D eigenvalue weighted by Gasteiger charge is 2.32. The second kappa shape index (κ2) is 6.53. The topological polar surface area (TPSA) is 55.6 Å². The van der Waals surface area contributed by atoms with Crippen LogP contribution in [0.25, 0.3) is 0 Å². The lowest BCUT2D eigenvalue weighted by Crippen LogP contribution is -2.47. The summed E-state index contributed by atoms with van der Waals surface area (Å²) in [7, 11) is 1.94. The molecule has 0 aromatic rings. The molecule has 1 aliphatic carbocycles. The number of hydrogen-bond donors (Lipinski definition) is 1. The maximum absolute atomic E-state index is 12.6. The van der Waals surface area contributed by atoms with Crippen LogP contribution in [0.3, 0.4) is 0 Å². The third-order valence-corrected chi connectivity index (χ3v) is 4.47. The highest BCUT2D eigenvalue weighted by molar-refractivity contribution is 5.79. The first-order valence-electron chi connectivity index (χ1n) is 7.30. The summed E-state index contributed by atoms with van der Waals surface area (Å²) in [5.41, 5.74) is 6.18. The molecule has 2 unspecified atom stereocenters. The average Bonchev–Trinajstić information content (AvgIpc) is 2.63. The molecule has 0 aromatic heterocycles. The van der Waals surface area contributed by atoms with Gasteiger partial charge in [-0.25, -0.2) is 0 Å². The molecule has 1 saturated heterocycles. The lowest BCUT2D eigenvalue weighted by atomic mass is 9.93. The van der Waals surface area contributed by atoms with Crippen LogP contribution in [0.15, 0.2) is 0 Å². The van der Waals surface area contributed by atoms with Crippen molar-refractivity contribution in [2.24, 2.45) is 11.7 Å². The molecule has 0 radical (unpaired) electrons. The van der Waals surface area contributed by atoms with Crippen LogP contribution in [-0.4, -0.2) is 43.2 Å². The quantitative estimate of drug-likeness (QED) is 0.760. The van der Waals surface area contributed by atoms with E-state index in [1.54, 1.807) is 0 Å². The Labute approximate surface area is 110 Å². The van der Waals surface area contributed by atoms with E-state index in [1.807, 2.05) is 11.9 Å². The minimum absolute atomic E-state index is 0.0420. The average molecular weight is 254 g/mol. The van der Waals surface area contributed by atoms with Gasteiger partial charge in [-0.15, -0.1) is 0 Å². The standard InChI is InChI=1S/C14H26N2O2/c1-16(11-7-9-18-10-8-11)14(17)12-5-3-2-4-6-13(12)15/h11-13H,2-10,15H2,1H3. The molecule has 2 fully saturated rings. The van der Waals surface area contributed by atoms with Gasteiger partial charge in [0.1, 0.15) is 0 Å². The van der Waals surface area contributed by atoms with Crippen molar-refractivity contribution in [3.05, 3.63) is 0 Å². The molecular formula is C14H26N2O2. The minimum Gasteiger partial charge on any atom is -0.381 e. The van der Waals surface area contributed by atoms with E-state index in [4.69, 9.17) is 10.5 Å². The Balaban J connectivity index is 1.95. The summed E-state index contributed by atoms with van der Waals surface area (Å²) in [6.45, 7) is 1.55. The fourth-order valence-corrected chi connectivity index (χ4v) is 3.16. The Morgan fingerprint density at radius 2 is 1.78 bits per heavy atom. The Kier molecular flexibility index (Phi) is 5.01. The van der Waals surface area contributed by atoms with Crippen molar-refractivity contribution in [1.29, 1.82) is 0 Å². The van der Waals surface area contributed by atoms with Crippen molar-refractivity contribution in [2.75, 3.05) is 20.3 Å². The summed E-state index contributed by atoms with van der Waals surface area (Å²) in [5, 5.41) is 0. The van der Waals surface area contributed by atoms with Gasteiger partial charge in [-0.05, 0) is 25.7 Å². The van der Waals surface area contributed by atoms with Gasteiger partial charge in [0, 0.05) is 32.3 Å². The summed E-state index contributed by atoms with van der Waals surface area (Å²) in [4.78, 5) is 14.5. The first kappa shape index (κ1) is 13.8. The van der Waals surface area contributed by atoms with E-state index in [9.17, 15) is 4.79 Å². The molecule has 18 heavy (non-hydrogen) atoms. The van der Waals surface area contributed by atoms with Crippen LogP contribution >= 0.6 is 0 Å². The van der Waals surface area contributed by atoms with Crippen LogP contribution in [0.1, 0.15) is 44.9 Å². The molecular weight excluding hydrogens is 228 g/mol. The van der Waals surface area contributed by atoms with Crippen LogP contribution in [0, 0.1) is 5.92 Å². The molecule has 1 saturated carbocycles. The summed E-state index contributed by atoms with van der Waals surface area (Å²) >= 11 is 0. The van der Waals surface area contributed by atoms with Crippen molar-refractivity contribution in [1.82, 2.24) is 4.90 Å². The molecule has 2 N–H and O–H groups in total. The first-order chi connectivity index (χ1) is 8.70. The van der Waals surface area contributed by atoms with Crippen molar-refractivity contribution < 1.29 is 9.53 Å². The molecule has 1 aliphatic heterocycles. The molecule has 4 nitrogen and oxygen atoms in total. The van der Waals surface area contributed by atoms with E-state index >= 15 is 0 Å². The maximum Gasteiger partial charge on any atom is 0.227 e. The van der Waals surface area contributed by atoms with Gasteiger partial charge in [0.15, 0.2) is 0 Å². The summed E-state index contributed by atoms with van der Waals surface area (Å²) in [5.74, 6) is 0.302.